The van der Waals surface area contributed by atoms with Gasteiger partial charge in [-0.1, -0.05) is 18.2 Å². The Morgan fingerprint density at radius 1 is 0.882 bits per heavy atom. The number of hydrogen-bond donors (Lipinski definition) is 3. The van der Waals surface area contributed by atoms with Crippen molar-refractivity contribution in [3.05, 3.63) is 84.8 Å². The zero-order chi connectivity index (χ0) is 23.7. The van der Waals surface area contributed by atoms with E-state index in [1.807, 2.05) is 6.07 Å². The van der Waals surface area contributed by atoms with E-state index in [9.17, 15) is 19.1 Å². The first-order valence-electron chi connectivity index (χ1n) is 10.7. The van der Waals surface area contributed by atoms with Crippen LogP contribution in [0.15, 0.2) is 79.0 Å². The minimum absolute atomic E-state index is 0.0403. The van der Waals surface area contributed by atoms with E-state index in [1.54, 1.807) is 36.4 Å². The summed E-state index contributed by atoms with van der Waals surface area (Å²) in [4.78, 5) is 29.7. The van der Waals surface area contributed by atoms with Crippen molar-refractivity contribution in [2.45, 2.75) is 12.8 Å². The minimum atomic E-state index is -1.16. The molecule has 1 aliphatic carbocycles. The molecule has 2 amide bonds. The maximum atomic E-state index is 14.8. The zero-order valence-electron chi connectivity index (χ0n) is 17.9. The quantitative estimate of drug-likeness (QED) is 0.344. The van der Waals surface area contributed by atoms with Gasteiger partial charge >= 0.3 is 0 Å². The van der Waals surface area contributed by atoms with Crippen molar-refractivity contribution in [1.29, 1.82) is 0 Å². The Bertz CT molecular complexity index is 1400. The number of nitrogens with zero attached hydrogens (tertiary/aromatic N) is 1. The van der Waals surface area contributed by atoms with Gasteiger partial charge in [0.15, 0.2) is 11.6 Å². The van der Waals surface area contributed by atoms with Crippen LogP contribution >= 0.6 is 0 Å². The molecule has 0 spiro atoms. The van der Waals surface area contributed by atoms with Crippen LogP contribution in [-0.2, 0) is 9.59 Å². The SMILES string of the molecule is O=C(Nc1ccccc1)C1(C(=O)Nc2ccc(Oc3ccnc4cc(O)ccc34)c(F)c2)CC1. The van der Waals surface area contributed by atoms with Crippen molar-refractivity contribution in [3.8, 4) is 17.2 Å². The van der Waals surface area contributed by atoms with Gasteiger partial charge in [-0.2, -0.15) is 0 Å². The predicted molar refractivity (Wildman–Crippen MR) is 125 cm³/mol. The first kappa shape index (κ1) is 21.4. The number of halogens is 1. The summed E-state index contributed by atoms with van der Waals surface area (Å²) in [6, 6.07) is 19.2. The van der Waals surface area contributed by atoms with E-state index in [2.05, 4.69) is 15.6 Å². The molecule has 0 radical (unpaired) electrons. The second kappa shape index (κ2) is 8.47. The summed E-state index contributed by atoms with van der Waals surface area (Å²) < 4.78 is 20.5. The average molecular weight is 457 g/mol. The summed E-state index contributed by atoms with van der Waals surface area (Å²) in [7, 11) is 0. The number of rotatable bonds is 6. The normalized spacial score (nSPS) is 13.8. The van der Waals surface area contributed by atoms with E-state index in [4.69, 9.17) is 4.74 Å². The first-order valence-corrected chi connectivity index (χ1v) is 10.7. The van der Waals surface area contributed by atoms with Gasteiger partial charge in [0.25, 0.3) is 0 Å². The number of nitrogens with one attached hydrogen (secondary N) is 2. The fourth-order valence-electron chi connectivity index (χ4n) is 3.68. The highest BCUT2D eigenvalue weighted by Gasteiger charge is 2.56. The molecule has 1 aliphatic rings. The molecule has 1 fully saturated rings. The van der Waals surface area contributed by atoms with Gasteiger partial charge in [0.2, 0.25) is 11.8 Å². The molecule has 34 heavy (non-hydrogen) atoms. The Kier molecular flexibility index (Phi) is 5.33. The molecule has 1 heterocycles. The standard InChI is InChI=1S/C26H20FN3O4/c27-20-14-17(30-25(33)26(11-12-26)24(32)29-16-4-2-1-3-5-16)6-9-23(20)34-22-10-13-28-21-15-18(31)7-8-19(21)22/h1-10,13-15,31H,11-12H2,(H,29,32)(H,30,33). The number of anilines is 2. The Hall–Kier alpha value is -4.46. The Morgan fingerprint density at radius 2 is 1.62 bits per heavy atom. The zero-order valence-corrected chi connectivity index (χ0v) is 17.9. The second-order valence-corrected chi connectivity index (χ2v) is 8.11. The average Bonchev–Trinajstić information content (AvgIpc) is 3.64. The van der Waals surface area contributed by atoms with E-state index < -0.39 is 17.1 Å². The summed E-state index contributed by atoms with van der Waals surface area (Å²) in [6.07, 6.45) is 2.34. The molecule has 8 heteroatoms. The number of pyridine rings is 1. The highest BCUT2D eigenvalue weighted by Crippen LogP contribution is 2.47. The minimum Gasteiger partial charge on any atom is -0.508 e. The number of aromatic nitrogens is 1. The van der Waals surface area contributed by atoms with E-state index >= 15 is 0 Å². The summed E-state index contributed by atoms with van der Waals surface area (Å²) in [5.74, 6) is -1.15. The molecule has 0 saturated heterocycles. The van der Waals surface area contributed by atoms with Crippen molar-refractivity contribution in [3.63, 3.8) is 0 Å². The molecule has 3 aromatic carbocycles. The van der Waals surface area contributed by atoms with Crippen LogP contribution in [0.4, 0.5) is 15.8 Å². The van der Waals surface area contributed by atoms with E-state index in [0.717, 1.165) is 6.07 Å². The number of carbonyl (C=O) groups excluding carboxylic acids is 2. The Labute approximate surface area is 194 Å². The molecule has 7 nitrogen and oxygen atoms in total. The van der Waals surface area contributed by atoms with Crippen molar-refractivity contribution in [2.24, 2.45) is 5.41 Å². The molecule has 3 N–H and O–H groups in total. The lowest BCUT2D eigenvalue weighted by atomic mass is 10.0. The van der Waals surface area contributed by atoms with Crippen molar-refractivity contribution in [2.75, 3.05) is 10.6 Å². The fourth-order valence-corrected chi connectivity index (χ4v) is 3.68. The molecule has 0 atom stereocenters. The lowest BCUT2D eigenvalue weighted by Gasteiger charge is -2.16. The van der Waals surface area contributed by atoms with Crippen LogP contribution < -0.4 is 15.4 Å². The highest BCUT2D eigenvalue weighted by atomic mass is 19.1. The van der Waals surface area contributed by atoms with Crippen LogP contribution in [0.3, 0.4) is 0 Å². The lowest BCUT2D eigenvalue weighted by molar-refractivity contribution is -0.131. The van der Waals surface area contributed by atoms with E-state index in [0.29, 0.717) is 35.2 Å². The largest absolute Gasteiger partial charge is 0.508 e. The number of amides is 2. The van der Waals surface area contributed by atoms with Gasteiger partial charge in [-0.3, -0.25) is 14.6 Å². The number of hydrogen-bond acceptors (Lipinski definition) is 5. The summed E-state index contributed by atoms with van der Waals surface area (Å²) in [5, 5.41) is 15.6. The number of benzene rings is 3. The third-order valence-corrected chi connectivity index (χ3v) is 5.75. The van der Waals surface area contributed by atoms with Crippen LogP contribution in [0, 0.1) is 11.2 Å². The maximum Gasteiger partial charge on any atom is 0.240 e. The maximum absolute atomic E-state index is 14.8. The van der Waals surface area contributed by atoms with Gasteiger partial charge in [-0.25, -0.2) is 4.39 Å². The molecule has 0 bridgehead atoms. The van der Waals surface area contributed by atoms with E-state index in [-0.39, 0.29) is 23.1 Å². The summed E-state index contributed by atoms with van der Waals surface area (Å²) in [5.41, 5.74) is 0.171. The van der Waals surface area contributed by atoms with Crippen LogP contribution in [0.25, 0.3) is 10.9 Å². The molecule has 4 aromatic rings. The smallest absolute Gasteiger partial charge is 0.240 e. The van der Waals surface area contributed by atoms with Gasteiger partial charge < -0.3 is 20.5 Å². The molecule has 1 aromatic heterocycles. The number of carbonyl (C=O) groups is 2. The third-order valence-electron chi connectivity index (χ3n) is 5.75. The lowest BCUT2D eigenvalue weighted by Crippen LogP contribution is -2.35. The van der Waals surface area contributed by atoms with E-state index in [1.165, 1.54) is 30.5 Å². The number of phenolic OH excluding ortho intramolecular Hbond substituents is 1. The topological polar surface area (TPSA) is 101 Å². The Morgan fingerprint density at radius 3 is 2.32 bits per heavy atom. The summed E-state index contributed by atoms with van der Waals surface area (Å²) in [6.45, 7) is 0. The number of para-hydroxylation sites is 1. The monoisotopic (exact) mass is 457 g/mol. The van der Waals surface area contributed by atoms with Crippen LogP contribution in [0.5, 0.6) is 17.2 Å². The number of aromatic hydroxyl groups is 1. The Balaban J connectivity index is 1.30. The molecule has 0 aliphatic heterocycles. The van der Waals surface area contributed by atoms with Gasteiger partial charge in [0.05, 0.1) is 5.52 Å². The van der Waals surface area contributed by atoms with Crippen molar-refractivity contribution < 1.29 is 23.8 Å². The molecule has 5 rings (SSSR count). The van der Waals surface area contributed by atoms with Gasteiger partial charge in [0.1, 0.15) is 16.9 Å². The molecular formula is C26H20FN3O4. The molecule has 1 saturated carbocycles. The van der Waals surface area contributed by atoms with Crippen LogP contribution in [-0.4, -0.2) is 21.9 Å². The number of phenols is 1. The molecule has 170 valence electrons. The second-order valence-electron chi connectivity index (χ2n) is 8.11. The van der Waals surface area contributed by atoms with Crippen molar-refractivity contribution in [1.82, 2.24) is 4.98 Å². The molecular weight excluding hydrogens is 437 g/mol. The first-order chi connectivity index (χ1) is 16.4. The van der Waals surface area contributed by atoms with Gasteiger partial charge in [0, 0.05) is 35.1 Å². The number of ether oxygens (including phenoxy) is 1. The van der Waals surface area contributed by atoms with Gasteiger partial charge in [-0.15, -0.1) is 0 Å². The summed E-state index contributed by atoms with van der Waals surface area (Å²) >= 11 is 0. The van der Waals surface area contributed by atoms with Crippen LogP contribution in [0.1, 0.15) is 12.8 Å². The van der Waals surface area contributed by atoms with Gasteiger partial charge in [-0.05, 0) is 55.3 Å². The highest BCUT2D eigenvalue weighted by molar-refractivity contribution is 6.16. The molecule has 0 unspecified atom stereocenters. The number of fused-ring (bicyclic) bond motifs is 1. The van der Waals surface area contributed by atoms with Crippen molar-refractivity contribution >= 4 is 34.1 Å². The fraction of sp³-hybridized carbons (Fsp3) is 0.115. The third kappa shape index (κ3) is 4.13. The predicted octanol–water partition coefficient (Wildman–Crippen LogP) is 5.23. The van der Waals surface area contributed by atoms with Crippen LogP contribution in [0.2, 0.25) is 0 Å².